The minimum Gasteiger partial charge on any atom is -0.497 e. The Balaban J connectivity index is 2.17. The molecule has 2 unspecified atom stereocenters. The Hall–Kier alpha value is -1.11. The van der Waals surface area contributed by atoms with E-state index in [0.717, 1.165) is 11.5 Å². The van der Waals surface area contributed by atoms with E-state index in [1.165, 1.54) is 0 Å². The molecule has 0 saturated carbocycles. The standard InChI is InChI=1S/C13H20O5S/c1-17-12-3-5-13(6-4-12)18-7-2-8-19(16)10-11(15)9-14/h3-6,11,14-15H,2,7-10H2,1H3. The van der Waals surface area contributed by atoms with Crippen molar-refractivity contribution in [2.75, 3.05) is 31.8 Å². The Labute approximate surface area is 115 Å². The molecule has 0 saturated heterocycles. The number of ether oxygens (including phenoxy) is 2. The van der Waals surface area contributed by atoms with Gasteiger partial charge in [-0.2, -0.15) is 0 Å². The van der Waals surface area contributed by atoms with Crippen LogP contribution in [0.5, 0.6) is 11.5 Å². The molecular formula is C13H20O5S. The third-order valence-electron chi connectivity index (χ3n) is 2.43. The zero-order chi connectivity index (χ0) is 14.1. The number of methoxy groups -OCH3 is 1. The predicted molar refractivity (Wildman–Crippen MR) is 74.1 cm³/mol. The molecule has 1 rings (SSSR count). The molecular weight excluding hydrogens is 268 g/mol. The van der Waals surface area contributed by atoms with Gasteiger partial charge >= 0.3 is 0 Å². The molecule has 2 N–H and O–H groups in total. The third kappa shape index (κ3) is 6.56. The lowest BCUT2D eigenvalue weighted by Gasteiger charge is -2.08. The van der Waals surface area contributed by atoms with Gasteiger partial charge in [0.15, 0.2) is 0 Å². The molecule has 0 aromatic heterocycles. The van der Waals surface area contributed by atoms with Gasteiger partial charge in [0.05, 0.1) is 32.2 Å². The summed E-state index contributed by atoms with van der Waals surface area (Å²) in [6.45, 7) is 0.112. The lowest BCUT2D eigenvalue weighted by atomic mass is 10.3. The quantitative estimate of drug-likeness (QED) is 0.650. The number of hydrogen-bond acceptors (Lipinski definition) is 5. The Morgan fingerprint density at radius 1 is 1.26 bits per heavy atom. The van der Waals surface area contributed by atoms with Crippen LogP contribution in [0.25, 0.3) is 0 Å². The van der Waals surface area contributed by atoms with Crippen molar-refractivity contribution in [1.82, 2.24) is 0 Å². The number of benzene rings is 1. The predicted octanol–water partition coefficient (Wildman–Crippen LogP) is 0.566. The van der Waals surface area contributed by atoms with E-state index < -0.39 is 16.9 Å². The first-order chi connectivity index (χ1) is 9.15. The van der Waals surface area contributed by atoms with Crippen LogP contribution in [0.2, 0.25) is 0 Å². The molecule has 0 aliphatic heterocycles. The van der Waals surface area contributed by atoms with E-state index in [2.05, 4.69) is 0 Å². The monoisotopic (exact) mass is 288 g/mol. The molecule has 0 bridgehead atoms. The molecule has 0 spiro atoms. The fourth-order valence-electron chi connectivity index (χ4n) is 1.43. The van der Waals surface area contributed by atoms with E-state index >= 15 is 0 Å². The van der Waals surface area contributed by atoms with Gasteiger partial charge in [0, 0.05) is 16.6 Å². The van der Waals surface area contributed by atoms with Crippen molar-refractivity contribution in [3.05, 3.63) is 24.3 Å². The van der Waals surface area contributed by atoms with Crippen molar-refractivity contribution < 1.29 is 23.9 Å². The molecule has 0 heterocycles. The summed E-state index contributed by atoms with van der Waals surface area (Å²) in [5.74, 6) is 2.07. The van der Waals surface area contributed by atoms with Crippen LogP contribution in [0.15, 0.2) is 24.3 Å². The minimum atomic E-state index is -1.12. The molecule has 6 heteroatoms. The van der Waals surface area contributed by atoms with Crippen molar-refractivity contribution in [3.63, 3.8) is 0 Å². The third-order valence-corrected chi connectivity index (χ3v) is 3.93. The maximum absolute atomic E-state index is 11.5. The first-order valence-corrected chi connectivity index (χ1v) is 7.55. The Bertz CT molecular complexity index is 379. The molecule has 0 aliphatic rings. The van der Waals surface area contributed by atoms with Gasteiger partial charge in [-0.25, -0.2) is 0 Å². The molecule has 0 fully saturated rings. The summed E-state index contributed by atoms with van der Waals surface area (Å²) in [5.41, 5.74) is 0. The van der Waals surface area contributed by atoms with Crippen LogP contribution in [0, 0.1) is 0 Å². The van der Waals surface area contributed by atoms with Gasteiger partial charge in [-0.1, -0.05) is 0 Å². The molecule has 1 aromatic carbocycles. The summed E-state index contributed by atoms with van der Waals surface area (Å²) >= 11 is 0. The summed E-state index contributed by atoms with van der Waals surface area (Å²) in [7, 11) is 0.480. The van der Waals surface area contributed by atoms with Crippen LogP contribution in [0.1, 0.15) is 6.42 Å². The average molecular weight is 288 g/mol. The van der Waals surface area contributed by atoms with Gasteiger partial charge in [0.25, 0.3) is 0 Å². The molecule has 0 aliphatic carbocycles. The number of aliphatic hydroxyl groups is 2. The Morgan fingerprint density at radius 2 is 1.89 bits per heavy atom. The second kappa shape index (κ2) is 8.90. The molecule has 19 heavy (non-hydrogen) atoms. The second-order valence-corrected chi connectivity index (χ2v) is 5.65. The lowest BCUT2D eigenvalue weighted by Crippen LogP contribution is -2.22. The van der Waals surface area contributed by atoms with E-state index in [4.69, 9.17) is 19.7 Å². The van der Waals surface area contributed by atoms with Crippen LogP contribution in [0.3, 0.4) is 0 Å². The smallest absolute Gasteiger partial charge is 0.119 e. The number of rotatable bonds is 9. The van der Waals surface area contributed by atoms with E-state index in [-0.39, 0.29) is 12.4 Å². The maximum Gasteiger partial charge on any atom is 0.119 e. The first kappa shape index (κ1) is 15.9. The highest BCUT2D eigenvalue weighted by Gasteiger charge is 2.07. The zero-order valence-corrected chi connectivity index (χ0v) is 11.8. The fourth-order valence-corrected chi connectivity index (χ4v) is 2.57. The van der Waals surface area contributed by atoms with Crippen molar-refractivity contribution >= 4 is 10.8 Å². The summed E-state index contributed by atoms with van der Waals surface area (Å²) in [6.07, 6.45) is -0.264. The second-order valence-electron chi connectivity index (χ2n) is 4.02. The Morgan fingerprint density at radius 3 is 2.47 bits per heavy atom. The number of hydrogen-bond donors (Lipinski definition) is 2. The van der Waals surface area contributed by atoms with Gasteiger partial charge in [0.2, 0.25) is 0 Å². The summed E-state index contributed by atoms with van der Waals surface area (Å²) in [5, 5.41) is 17.8. The highest BCUT2D eigenvalue weighted by Crippen LogP contribution is 2.16. The minimum absolute atomic E-state index is 0.110. The average Bonchev–Trinajstić information content (AvgIpc) is 2.44. The normalized spacial score (nSPS) is 13.8. The summed E-state index contributed by atoms with van der Waals surface area (Å²) in [4.78, 5) is 0. The van der Waals surface area contributed by atoms with Crippen LogP contribution >= 0.6 is 0 Å². The highest BCUT2D eigenvalue weighted by molar-refractivity contribution is 7.85. The maximum atomic E-state index is 11.5. The molecule has 1 aromatic rings. The van der Waals surface area contributed by atoms with Crippen molar-refractivity contribution in [2.24, 2.45) is 0 Å². The van der Waals surface area contributed by atoms with Crippen molar-refractivity contribution in [3.8, 4) is 11.5 Å². The number of aliphatic hydroxyl groups excluding tert-OH is 2. The molecule has 108 valence electrons. The van der Waals surface area contributed by atoms with Crippen LogP contribution in [-0.4, -0.2) is 52.4 Å². The van der Waals surface area contributed by atoms with Gasteiger partial charge in [0.1, 0.15) is 11.5 Å². The van der Waals surface area contributed by atoms with Gasteiger partial charge < -0.3 is 19.7 Å². The molecule has 0 radical (unpaired) electrons. The van der Waals surface area contributed by atoms with Crippen molar-refractivity contribution in [1.29, 1.82) is 0 Å². The molecule has 0 amide bonds. The largest absolute Gasteiger partial charge is 0.497 e. The van der Waals surface area contributed by atoms with Crippen molar-refractivity contribution in [2.45, 2.75) is 12.5 Å². The summed E-state index contributed by atoms with van der Waals surface area (Å²) < 4.78 is 22.0. The van der Waals surface area contributed by atoms with E-state index in [0.29, 0.717) is 18.8 Å². The van der Waals surface area contributed by atoms with E-state index in [1.54, 1.807) is 7.11 Å². The zero-order valence-electron chi connectivity index (χ0n) is 10.9. The van der Waals surface area contributed by atoms with Crippen LogP contribution < -0.4 is 9.47 Å². The first-order valence-electron chi connectivity index (χ1n) is 6.06. The highest BCUT2D eigenvalue weighted by atomic mass is 32.2. The topological polar surface area (TPSA) is 76.0 Å². The fraction of sp³-hybridized carbons (Fsp3) is 0.538. The van der Waals surface area contributed by atoms with Crippen LogP contribution in [0.4, 0.5) is 0 Å². The van der Waals surface area contributed by atoms with E-state index in [1.807, 2.05) is 24.3 Å². The lowest BCUT2D eigenvalue weighted by molar-refractivity contribution is 0.113. The summed E-state index contributed by atoms with van der Waals surface area (Å²) in [6, 6.07) is 7.24. The molecule has 2 atom stereocenters. The van der Waals surface area contributed by atoms with E-state index in [9.17, 15) is 4.21 Å². The van der Waals surface area contributed by atoms with Gasteiger partial charge in [-0.15, -0.1) is 0 Å². The molecule has 5 nitrogen and oxygen atoms in total. The Kier molecular flexibility index (Phi) is 7.47. The van der Waals surface area contributed by atoms with Gasteiger partial charge in [-0.05, 0) is 30.7 Å². The van der Waals surface area contributed by atoms with Crippen LogP contribution in [-0.2, 0) is 10.8 Å². The van der Waals surface area contributed by atoms with Gasteiger partial charge in [-0.3, -0.25) is 4.21 Å². The SMILES string of the molecule is COc1ccc(OCCCS(=O)CC(O)CO)cc1.